The number of aliphatic hydroxyl groups excluding tert-OH is 1. The van der Waals surface area contributed by atoms with Crippen molar-refractivity contribution in [3.8, 4) is 0 Å². The summed E-state index contributed by atoms with van der Waals surface area (Å²) in [6.45, 7) is 1.50. The van der Waals surface area contributed by atoms with E-state index < -0.39 is 17.0 Å². The molecule has 9 heteroatoms. The number of alkyl halides is 1. The summed E-state index contributed by atoms with van der Waals surface area (Å²) in [4.78, 5) is 13.8. The molecule has 3 heterocycles. The van der Waals surface area contributed by atoms with Crippen LogP contribution in [0.25, 0.3) is 0 Å². The number of aliphatic hydroxyl groups is 1. The summed E-state index contributed by atoms with van der Waals surface area (Å²) < 4.78 is 27.7. The van der Waals surface area contributed by atoms with Crippen molar-refractivity contribution >= 4 is 34.2 Å². The molecule has 1 saturated carbocycles. The van der Waals surface area contributed by atoms with Crippen LogP contribution < -0.4 is 9.80 Å². The second-order valence-electron chi connectivity index (χ2n) is 8.70. The van der Waals surface area contributed by atoms with Crippen molar-refractivity contribution in [2.75, 3.05) is 41.8 Å². The summed E-state index contributed by atoms with van der Waals surface area (Å²) >= 11 is 5.97. The summed E-state index contributed by atoms with van der Waals surface area (Å²) in [7, 11) is -1.16. The van der Waals surface area contributed by atoms with Crippen LogP contribution in [0.3, 0.4) is 0 Å². The van der Waals surface area contributed by atoms with Crippen molar-refractivity contribution in [1.82, 2.24) is 9.97 Å². The molecule has 1 aliphatic carbocycles. The molecular weight excluding hydrogens is 439 g/mol. The van der Waals surface area contributed by atoms with E-state index in [1.165, 1.54) is 0 Å². The summed E-state index contributed by atoms with van der Waals surface area (Å²) in [6.07, 6.45) is 4.09. The van der Waals surface area contributed by atoms with Gasteiger partial charge in [0.1, 0.15) is 6.17 Å². The Morgan fingerprint density at radius 2 is 2.03 bits per heavy atom. The Morgan fingerprint density at radius 3 is 2.68 bits per heavy atom. The van der Waals surface area contributed by atoms with E-state index in [4.69, 9.17) is 16.6 Å². The Kier molecular flexibility index (Phi) is 5.65. The van der Waals surface area contributed by atoms with Gasteiger partial charge < -0.3 is 14.9 Å². The third-order valence-corrected chi connectivity index (χ3v) is 8.58. The first-order valence-corrected chi connectivity index (χ1v) is 12.5. The SMILES string of the molecule is O=S1CCN(C2(CO)CCC2)c2nc(N3CCC(c4ccc(Cl)cc4)C(F)C3)ncc21. The Balaban J connectivity index is 1.39. The molecule has 1 aromatic carbocycles. The largest absolute Gasteiger partial charge is 0.394 e. The molecule has 0 bridgehead atoms. The van der Waals surface area contributed by atoms with Gasteiger partial charge in [-0.1, -0.05) is 23.7 Å². The van der Waals surface area contributed by atoms with Crippen LogP contribution in [-0.2, 0) is 10.8 Å². The van der Waals surface area contributed by atoms with E-state index in [0.29, 0.717) is 46.9 Å². The fraction of sp³-hybridized carbons (Fsp3) is 0.545. The molecule has 0 spiro atoms. The molecule has 31 heavy (non-hydrogen) atoms. The zero-order chi connectivity index (χ0) is 21.6. The number of rotatable bonds is 4. The molecule has 2 aromatic rings. The minimum atomic E-state index is -1.16. The summed E-state index contributed by atoms with van der Waals surface area (Å²) in [5.74, 6) is 1.44. The average molecular weight is 465 g/mol. The van der Waals surface area contributed by atoms with E-state index in [-0.39, 0.29) is 24.6 Å². The number of benzene rings is 1. The third kappa shape index (κ3) is 3.72. The van der Waals surface area contributed by atoms with Gasteiger partial charge in [-0.3, -0.25) is 4.21 Å². The zero-order valence-electron chi connectivity index (χ0n) is 17.2. The van der Waals surface area contributed by atoms with Gasteiger partial charge in [0.25, 0.3) is 0 Å². The topological polar surface area (TPSA) is 69.6 Å². The van der Waals surface area contributed by atoms with Crippen LogP contribution >= 0.6 is 11.6 Å². The highest BCUT2D eigenvalue weighted by Gasteiger charge is 2.45. The maximum absolute atomic E-state index is 15.1. The summed E-state index contributed by atoms with van der Waals surface area (Å²) in [6, 6.07) is 7.39. The zero-order valence-corrected chi connectivity index (χ0v) is 18.8. The van der Waals surface area contributed by atoms with Crippen LogP contribution in [0.1, 0.15) is 37.2 Å². The Hall–Kier alpha value is -1.77. The smallest absolute Gasteiger partial charge is 0.227 e. The lowest BCUT2D eigenvalue weighted by Gasteiger charge is -2.51. The van der Waals surface area contributed by atoms with Gasteiger partial charge in [0.05, 0.1) is 40.6 Å². The van der Waals surface area contributed by atoms with Gasteiger partial charge in [-0.05, 0) is 43.4 Å². The molecule has 3 atom stereocenters. The lowest BCUT2D eigenvalue weighted by molar-refractivity contribution is 0.115. The number of fused-ring (bicyclic) bond motifs is 1. The van der Waals surface area contributed by atoms with Crippen LogP contribution in [0.15, 0.2) is 35.4 Å². The minimum absolute atomic E-state index is 0.0530. The van der Waals surface area contributed by atoms with E-state index in [1.807, 2.05) is 17.0 Å². The number of hydrogen-bond acceptors (Lipinski definition) is 6. The Bertz CT molecular complexity index is 982. The van der Waals surface area contributed by atoms with Crippen molar-refractivity contribution in [3.05, 3.63) is 41.0 Å². The van der Waals surface area contributed by atoms with E-state index in [2.05, 4.69) is 9.88 Å². The monoisotopic (exact) mass is 464 g/mol. The van der Waals surface area contributed by atoms with Crippen molar-refractivity contribution in [2.45, 2.75) is 48.2 Å². The number of aromatic nitrogens is 2. The number of piperidine rings is 1. The lowest BCUT2D eigenvalue weighted by Crippen LogP contribution is -2.59. The first-order valence-electron chi connectivity index (χ1n) is 10.8. The third-order valence-electron chi connectivity index (χ3n) is 7.00. The Labute approximate surface area is 188 Å². The van der Waals surface area contributed by atoms with Crippen molar-refractivity contribution in [3.63, 3.8) is 0 Å². The van der Waals surface area contributed by atoms with Crippen LogP contribution in [0.2, 0.25) is 5.02 Å². The molecule has 3 aliphatic rings. The van der Waals surface area contributed by atoms with Crippen LogP contribution in [0.4, 0.5) is 16.2 Å². The van der Waals surface area contributed by atoms with Crippen LogP contribution in [0.5, 0.6) is 0 Å². The van der Waals surface area contributed by atoms with Gasteiger partial charge in [-0.25, -0.2) is 9.37 Å². The molecule has 6 nitrogen and oxygen atoms in total. The fourth-order valence-corrected chi connectivity index (χ4v) is 6.21. The standard InChI is InChI=1S/C22H26ClFN4O2S/c23-16-4-2-15(3-5-16)17-6-9-27(13-18(17)24)21-25-12-19-20(26-21)28(10-11-31(19)30)22(14-29)7-1-8-22/h2-5,12,17-18,29H,1,6-11,13-14H2. The van der Waals surface area contributed by atoms with E-state index in [9.17, 15) is 9.32 Å². The number of hydrogen-bond donors (Lipinski definition) is 1. The second-order valence-corrected chi connectivity index (χ2v) is 10.7. The van der Waals surface area contributed by atoms with Crippen molar-refractivity contribution < 1.29 is 13.7 Å². The maximum Gasteiger partial charge on any atom is 0.227 e. The molecule has 2 aliphatic heterocycles. The summed E-state index contributed by atoms with van der Waals surface area (Å²) in [5.41, 5.74) is 0.634. The highest BCUT2D eigenvalue weighted by Crippen LogP contribution is 2.43. The molecule has 5 rings (SSSR count). The van der Waals surface area contributed by atoms with Gasteiger partial charge >= 0.3 is 0 Å². The van der Waals surface area contributed by atoms with Gasteiger partial charge in [0, 0.05) is 29.8 Å². The first kappa shape index (κ1) is 21.1. The van der Waals surface area contributed by atoms with Gasteiger partial charge in [0.2, 0.25) is 5.95 Å². The van der Waals surface area contributed by atoms with Gasteiger partial charge in [-0.2, -0.15) is 4.98 Å². The van der Waals surface area contributed by atoms with Crippen LogP contribution in [0, 0.1) is 0 Å². The van der Waals surface area contributed by atoms with Gasteiger partial charge in [0.15, 0.2) is 5.82 Å². The van der Waals surface area contributed by atoms with Gasteiger partial charge in [-0.15, -0.1) is 0 Å². The fourth-order valence-electron chi connectivity index (χ4n) is 4.98. The minimum Gasteiger partial charge on any atom is -0.394 e. The number of nitrogens with zero attached hydrogens (tertiary/aromatic N) is 4. The van der Waals surface area contributed by atoms with Crippen molar-refractivity contribution in [1.29, 1.82) is 0 Å². The maximum atomic E-state index is 15.1. The quantitative estimate of drug-likeness (QED) is 0.748. The van der Waals surface area contributed by atoms with E-state index >= 15 is 4.39 Å². The molecule has 1 aromatic heterocycles. The molecule has 0 radical (unpaired) electrons. The van der Waals surface area contributed by atoms with E-state index in [0.717, 1.165) is 24.8 Å². The highest BCUT2D eigenvalue weighted by atomic mass is 35.5. The van der Waals surface area contributed by atoms with Crippen LogP contribution in [-0.4, -0.2) is 63.0 Å². The predicted octanol–water partition coefficient (Wildman–Crippen LogP) is 3.30. The number of anilines is 2. The molecular formula is C22H26ClFN4O2S. The predicted molar refractivity (Wildman–Crippen MR) is 120 cm³/mol. The average Bonchev–Trinajstić information content (AvgIpc) is 2.75. The molecule has 0 amide bonds. The molecule has 3 unspecified atom stereocenters. The normalized spacial score (nSPS) is 27.5. The Morgan fingerprint density at radius 1 is 1.26 bits per heavy atom. The highest BCUT2D eigenvalue weighted by molar-refractivity contribution is 7.85. The lowest BCUT2D eigenvalue weighted by atomic mass is 9.76. The van der Waals surface area contributed by atoms with Crippen molar-refractivity contribution in [2.24, 2.45) is 0 Å². The molecule has 166 valence electrons. The van der Waals surface area contributed by atoms with E-state index in [1.54, 1.807) is 18.3 Å². The second kappa shape index (κ2) is 8.30. The first-order chi connectivity index (χ1) is 15.0. The summed E-state index contributed by atoms with van der Waals surface area (Å²) in [5, 5.41) is 10.7. The molecule has 1 saturated heterocycles. The molecule has 2 fully saturated rings. The molecule has 1 N–H and O–H groups in total. The number of halogens is 2.